The van der Waals surface area contributed by atoms with Gasteiger partial charge in [0.25, 0.3) is 11.1 Å². The van der Waals surface area contributed by atoms with E-state index in [1.807, 2.05) is 79.7 Å². The molecule has 0 unspecified atom stereocenters. The Bertz CT molecular complexity index is 1110. The van der Waals surface area contributed by atoms with Gasteiger partial charge in [0.05, 0.1) is 11.9 Å². The number of hydrogen-bond donors (Lipinski definition) is 1. The summed E-state index contributed by atoms with van der Waals surface area (Å²) in [5.74, 6) is 1.24. The maximum atomic E-state index is 12.8. The van der Waals surface area contributed by atoms with Crippen LogP contribution in [-0.2, 0) is 5.75 Å². The molecule has 0 aliphatic heterocycles. The molecule has 1 N–H and O–H groups in total. The molecule has 0 bridgehead atoms. The average Bonchev–Trinajstić information content (AvgIpc) is 3.16. The highest BCUT2D eigenvalue weighted by molar-refractivity contribution is 7.98. The highest BCUT2D eigenvalue weighted by Gasteiger charge is 2.13. The highest BCUT2D eigenvalue weighted by atomic mass is 32.2. The molecular weight excluding hydrogens is 384 g/mol. The quantitative estimate of drug-likeness (QED) is 0.464. The molecule has 6 nitrogen and oxygen atoms in total. The molecule has 0 aliphatic rings. The number of para-hydroxylation sites is 2. The summed E-state index contributed by atoms with van der Waals surface area (Å²) in [5, 5.41) is 3.50. The van der Waals surface area contributed by atoms with Gasteiger partial charge in [-0.05, 0) is 35.9 Å². The number of benzene rings is 2. The van der Waals surface area contributed by atoms with E-state index >= 15 is 0 Å². The lowest BCUT2D eigenvalue weighted by molar-refractivity contribution is 0.102. The number of anilines is 2. The van der Waals surface area contributed by atoms with Gasteiger partial charge in [-0.2, -0.15) is 0 Å². The van der Waals surface area contributed by atoms with Crippen molar-refractivity contribution in [3.8, 4) is 0 Å². The smallest absolute Gasteiger partial charge is 0.257 e. The zero-order chi connectivity index (χ0) is 20.2. The molecule has 0 aliphatic carbocycles. The van der Waals surface area contributed by atoms with Crippen LogP contribution < -0.4 is 10.2 Å². The van der Waals surface area contributed by atoms with Crippen molar-refractivity contribution in [2.24, 2.45) is 0 Å². The van der Waals surface area contributed by atoms with E-state index < -0.39 is 0 Å². The first-order valence-electron chi connectivity index (χ1n) is 9.11. The van der Waals surface area contributed by atoms with Gasteiger partial charge in [0.1, 0.15) is 11.3 Å². The fraction of sp³-hybridized carbons (Fsp3) is 0.136. The van der Waals surface area contributed by atoms with Crippen molar-refractivity contribution in [2.45, 2.75) is 11.0 Å². The first-order valence-corrected chi connectivity index (χ1v) is 10.1. The SMILES string of the molecule is CN(C)c1ccc(NC(=O)c2ccccc2CSc2nc3ccccc3o2)cn1. The molecule has 2 aromatic heterocycles. The zero-order valence-corrected chi connectivity index (χ0v) is 16.9. The van der Waals surface area contributed by atoms with Crippen molar-refractivity contribution in [1.29, 1.82) is 0 Å². The van der Waals surface area contributed by atoms with Crippen LogP contribution in [0.2, 0.25) is 0 Å². The predicted molar refractivity (Wildman–Crippen MR) is 117 cm³/mol. The molecule has 0 fully saturated rings. The number of carbonyl (C=O) groups excluding carboxylic acids is 1. The second-order valence-corrected chi connectivity index (χ2v) is 7.57. The second-order valence-electron chi connectivity index (χ2n) is 6.65. The van der Waals surface area contributed by atoms with Crippen LogP contribution in [-0.4, -0.2) is 30.0 Å². The Kier molecular flexibility index (Phi) is 5.48. The van der Waals surface area contributed by atoms with Crippen LogP contribution in [0, 0.1) is 0 Å². The minimum Gasteiger partial charge on any atom is -0.431 e. The van der Waals surface area contributed by atoms with Crippen LogP contribution >= 0.6 is 11.8 Å². The predicted octanol–water partition coefficient (Wildman–Crippen LogP) is 4.83. The normalized spacial score (nSPS) is 10.8. The Balaban J connectivity index is 1.47. The fourth-order valence-electron chi connectivity index (χ4n) is 2.84. The van der Waals surface area contributed by atoms with E-state index in [9.17, 15) is 4.79 Å². The lowest BCUT2D eigenvalue weighted by Gasteiger charge is -2.12. The topological polar surface area (TPSA) is 71.3 Å². The molecular formula is C22H20N4O2S. The fourth-order valence-corrected chi connectivity index (χ4v) is 3.69. The van der Waals surface area contributed by atoms with Crippen LogP contribution in [0.4, 0.5) is 11.5 Å². The van der Waals surface area contributed by atoms with Crippen LogP contribution in [0.5, 0.6) is 0 Å². The standard InChI is InChI=1S/C22H20N4O2S/c1-26(2)20-12-11-16(13-23-20)24-21(27)17-8-4-3-7-15(17)14-29-22-25-18-9-5-6-10-19(18)28-22/h3-13H,14H2,1-2H3,(H,24,27). The van der Waals surface area contributed by atoms with Gasteiger partial charge in [0.15, 0.2) is 5.58 Å². The Morgan fingerprint density at radius 1 is 1.07 bits per heavy atom. The summed E-state index contributed by atoms with van der Waals surface area (Å²) >= 11 is 1.47. The molecule has 4 rings (SSSR count). The largest absolute Gasteiger partial charge is 0.431 e. The summed E-state index contributed by atoms with van der Waals surface area (Å²) < 4.78 is 5.76. The molecule has 1 amide bonds. The summed E-state index contributed by atoms with van der Waals surface area (Å²) in [6.45, 7) is 0. The Morgan fingerprint density at radius 3 is 2.62 bits per heavy atom. The number of carbonyl (C=O) groups is 1. The number of thioether (sulfide) groups is 1. The first-order chi connectivity index (χ1) is 14.1. The van der Waals surface area contributed by atoms with Crippen molar-refractivity contribution in [1.82, 2.24) is 9.97 Å². The van der Waals surface area contributed by atoms with Gasteiger partial charge >= 0.3 is 0 Å². The molecule has 0 atom stereocenters. The van der Waals surface area contributed by atoms with E-state index in [4.69, 9.17) is 4.42 Å². The second kappa shape index (κ2) is 8.36. The molecule has 7 heteroatoms. The summed E-state index contributed by atoms with van der Waals surface area (Å²) in [6.07, 6.45) is 1.66. The maximum absolute atomic E-state index is 12.8. The molecule has 29 heavy (non-hydrogen) atoms. The van der Waals surface area contributed by atoms with Crippen molar-refractivity contribution in [3.05, 3.63) is 78.0 Å². The summed E-state index contributed by atoms with van der Waals surface area (Å²) in [5.41, 5.74) is 3.77. The Morgan fingerprint density at radius 2 is 1.86 bits per heavy atom. The lowest BCUT2D eigenvalue weighted by Crippen LogP contribution is -2.15. The number of rotatable bonds is 6. The third-order valence-corrected chi connectivity index (χ3v) is 5.23. The monoisotopic (exact) mass is 404 g/mol. The van der Waals surface area contributed by atoms with Gasteiger partial charge < -0.3 is 14.6 Å². The molecule has 0 saturated carbocycles. The first kappa shape index (κ1) is 19.0. The van der Waals surface area contributed by atoms with Gasteiger partial charge in [-0.1, -0.05) is 42.1 Å². The minimum atomic E-state index is -0.168. The number of hydrogen-bond acceptors (Lipinski definition) is 6. The number of amides is 1. The zero-order valence-electron chi connectivity index (χ0n) is 16.1. The minimum absolute atomic E-state index is 0.168. The van der Waals surface area contributed by atoms with Crippen molar-refractivity contribution >= 4 is 40.3 Å². The van der Waals surface area contributed by atoms with E-state index in [0.717, 1.165) is 22.5 Å². The molecule has 0 radical (unpaired) electrons. The third kappa shape index (κ3) is 4.41. The molecule has 0 saturated heterocycles. The maximum Gasteiger partial charge on any atom is 0.257 e. The van der Waals surface area contributed by atoms with E-state index in [1.165, 1.54) is 11.8 Å². The molecule has 2 aromatic carbocycles. The lowest BCUT2D eigenvalue weighted by atomic mass is 10.1. The summed E-state index contributed by atoms with van der Waals surface area (Å²) in [4.78, 5) is 23.5. The number of aromatic nitrogens is 2. The number of oxazole rings is 1. The summed E-state index contributed by atoms with van der Waals surface area (Å²) in [6, 6.07) is 18.9. The van der Waals surface area contributed by atoms with Gasteiger partial charge in [-0.3, -0.25) is 4.79 Å². The average molecular weight is 404 g/mol. The van der Waals surface area contributed by atoms with Crippen LogP contribution in [0.15, 0.2) is 76.5 Å². The van der Waals surface area contributed by atoms with Gasteiger partial charge in [-0.25, -0.2) is 9.97 Å². The van der Waals surface area contributed by atoms with E-state index in [1.54, 1.807) is 6.20 Å². The van der Waals surface area contributed by atoms with E-state index in [2.05, 4.69) is 15.3 Å². The van der Waals surface area contributed by atoms with E-state index in [0.29, 0.717) is 22.2 Å². The third-order valence-electron chi connectivity index (χ3n) is 4.35. The number of pyridine rings is 1. The van der Waals surface area contributed by atoms with Crippen LogP contribution in [0.3, 0.4) is 0 Å². The van der Waals surface area contributed by atoms with Crippen LogP contribution in [0.1, 0.15) is 15.9 Å². The van der Waals surface area contributed by atoms with Crippen molar-refractivity contribution in [2.75, 3.05) is 24.3 Å². The van der Waals surface area contributed by atoms with Crippen molar-refractivity contribution in [3.63, 3.8) is 0 Å². The van der Waals surface area contributed by atoms with Gasteiger partial charge in [-0.15, -0.1) is 0 Å². The van der Waals surface area contributed by atoms with E-state index in [-0.39, 0.29) is 5.91 Å². The van der Waals surface area contributed by atoms with Crippen molar-refractivity contribution < 1.29 is 9.21 Å². The molecule has 146 valence electrons. The highest BCUT2D eigenvalue weighted by Crippen LogP contribution is 2.27. The summed E-state index contributed by atoms with van der Waals surface area (Å²) in [7, 11) is 3.84. The van der Waals surface area contributed by atoms with Gasteiger partial charge in [0, 0.05) is 25.4 Å². The Labute approximate surface area is 173 Å². The number of fused-ring (bicyclic) bond motifs is 1. The molecule has 0 spiro atoms. The van der Waals surface area contributed by atoms with Gasteiger partial charge in [0.2, 0.25) is 0 Å². The molecule has 4 aromatic rings. The number of nitrogens with one attached hydrogen (secondary N) is 1. The molecule has 2 heterocycles. The van der Waals surface area contributed by atoms with Crippen LogP contribution in [0.25, 0.3) is 11.1 Å². The Hall–Kier alpha value is -3.32. The number of nitrogens with zero attached hydrogens (tertiary/aromatic N) is 3.